The van der Waals surface area contributed by atoms with Crippen molar-refractivity contribution in [2.45, 2.75) is 38.1 Å². The Morgan fingerprint density at radius 3 is 2.69 bits per heavy atom. The topological polar surface area (TPSA) is 29.5 Å². The second-order valence-electron chi connectivity index (χ2n) is 7.05. The maximum Gasteiger partial charge on any atom is 0.241 e. The highest BCUT2D eigenvalue weighted by atomic mass is 19.2. The quantitative estimate of drug-likeness (QED) is 0.769. The summed E-state index contributed by atoms with van der Waals surface area (Å²) in [6.07, 6.45) is 3.04. The highest BCUT2D eigenvalue weighted by Gasteiger charge is 2.54. The van der Waals surface area contributed by atoms with E-state index >= 15 is 0 Å². The molecule has 2 aromatic rings. The zero-order valence-corrected chi connectivity index (χ0v) is 14.7. The monoisotopic (exact) mass is 357 g/mol. The number of benzene rings is 2. The maximum absolute atomic E-state index is 14.0. The lowest BCUT2D eigenvalue weighted by atomic mass is 9.71. The predicted molar refractivity (Wildman–Crippen MR) is 94.0 cm³/mol. The van der Waals surface area contributed by atoms with Crippen LogP contribution >= 0.6 is 0 Å². The van der Waals surface area contributed by atoms with Gasteiger partial charge in [-0.2, -0.15) is 0 Å². The van der Waals surface area contributed by atoms with Gasteiger partial charge in [-0.3, -0.25) is 4.79 Å². The highest BCUT2D eigenvalue weighted by molar-refractivity contribution is 5.96. The number of carbonyl (C=O) groups is 1. The molecule has 1 spiro atoms. The van der Waals surface area contributed by atoms with E-state index in [1.807, 2.05) is 29.2 Å². The first-order valence-electron chi connectivity index (χ1n) is 9.08. The van der Waals surface area contributed by atoms with Gasteiger partial charge in [0.1, 0.15) is 17.8 Å². The summed E-state index contributed by atoms with van der Waals surface area (Å²) >= 11 is 0. The average molecular weight is 357 g/mol. The van der Waals surface area contributed by atoms with Crippen molar-refractivity contribution in [3.05, 3.63) is 64.7 Å². The summed E-state index contributed by atoms with van der Waals surface area (Å²) in [7, 11) is 0. The third-order valence-electron chi connectivity index (χ3n) is 5.45. The molecular weight excluding hydrogens is 336 g/mol. The van der Waals surface area contributed by atoms with Crippen molar-refractivity contribution in [2.24, 2.45) is 0 Å². The number of carbonyl (C=O) groups excluding carboxylic acids is 1. The van der Waals surface area contributed by atoms with E-state index in [1.54, 1.807) is 0 Å². The maximum atomic E-state index is 14.0. The first-order valence-corrected chi connectivity index (χ1v) is 9.08. The number of hydrogen-bond acceptors (Lipinski definition) is 2. The average Bonchev–Trinajstić information content (AvgIpc) is 2.99. The van der Waals surface area contributed by atoms with Crippen LogP contribution in [-0.4, -0.2) is 24.0 Å². The second kappa shape index (κ2) is 6.38. The number of rotatable bonds is 4. The Hall–Kier alpha value is -2.43. The molecule has 0 saturated heterocycles. The lowest BCUT2D eigenvalue weighted by Gasteiger charge is -2.40. The molecule has 0 N–H and O–H groups in total. The van der Waals surface area contributed by atoms with Crippen molar-refractivity contribution in [3.8, 4) is 5.75 Å². The van der Waals surface area contributed by atoms with E-state index in [1.165, 1.54) is 0 Å². The van der Waals surface area contributed by atoms with E-state index in [0.717, 1.165) is 42.5 Å². The largest absolute Gasteiger partial charge is 0.491 e. The molecule has 0 fully saturated rings. The number of nitrogens with zero attached hydrogens (tertiary/aromatic N) is 1. The van der Waals surface area contributed by atoms with Crippen LogP contribution in [0.4, 0.5) is 8.78 Å². The molecule has 2 aliphatic rings. The van der Waals surface area contributed by atoms with Crippen LogP contribution in [-0.2, 0) is 16.8 Å². The van der Waals surface area contributed by atoms with Crippen LogP contribution in [0, 0.1) is 11.6 Å². The van der Waals surface area contributed by atoms with Gasteiger partial charge in [-0.25, -0.2) is 8.78 Å². The van der Waals surface area contributed by atoms with Gasteiger partial charge in [0, 0.05) is 24.7 Å². The molecule has 0 bridgehead atoms. The Balaban J connectivity index is 1.85. The number of unbranched alkanes of at least 4 members (excludes halogenated alkanes) is 2. The molecule has 0 aliphatic carbocycles. The van der Waals surface area contributed by atoms with Gasteiger partial charge in [-0.15, -0.1) is 0 Å². The molecule has 3 nitrogen and oxygen atoms in total. The molecule has 1 unspecified atom stereocenters. The standard InChI is InChI=1S/C21H21F2NO2/c1-2-3-6-9-24-12-14-7-4-5-8-15(14)21(20(24)25)13-26-19-11-18(23)17(22)10-16(19)21/h4-5,7-8,10-11H,2-3,6,9,12-13H2,1H3. The van der Waals surface area contributed by atoms with E-state index in [2.05, 4.69) is 6.92 Å². The van der Waals surface area contributed by atoms with E-state index in [-0.39, 0.29) is 18.3 Å². The molecule has 1 atom stereocenters. The van der Waals surface area contributed by atoms with Crippen molar-refractivity contribution in [2.75, 3.05) is 13.2 Å². The Bertz CT molecular complexity index is 867. The molecule has 136 valence electrons. The summed E-state index contributed by atoms with van der Waals surface area (Å²) in [5, 5.41) is 0. The fraction of sp³-hybridized carbons (Fsp3) is 0.381. The first kappa shape index (κ1) is 17.0. The smallest absolute Gasteiger partial charge is 0.241 e. The third kappa shape index (κ3) is 2.41. The first-order chi connectivity index (χ1) is 12.6. The van der Waals surface area contributed by atoms with E-state index < -0.39 is 17.0 Å². The third-order valence-corrected chi connectivity index (χ3v) is 5.45. The van der Waals surface area contributed by atoms with Crippen molar-refractivity contribution in [3.63, 3.8) is 0 Å². The van der Waals surface area contributed by atoms with Gasteiger partial charge in [0.05, 0.1) is 0 Å². The minimum absolute atomic E-state index is 0.0748. The Morgan fingerprint density at radius 1 is 1.12 bits per heavy atom. The van der Waals surface area contributed by atoms with Crippen molar-refractivity contribution >= 4 is 5.91 Å². The molecule has 2 heterocycles. The highest BCUT2D eigenvalue weighted by Crippen LogP contribution is 2.48. The van der Waals surface area contributed by atoms with Gasteiger partial charge < -0.3 is 9.64 Å². The lowest BCUT2D eigenvalue weighted by molar-refractivity contribution is -0.138. The van der Waals surface area contributed by atoms with Crippen LogP contribution in [0.15, 0.2) is 36.4 Å². The fourth-order valence-corrected chi connectivity index (χ4v) is 4.12. The molecule has 5 heteroatoms. The number of fused-ring (bicyclic) bond motifs is 4. The van der Waals surface area contributed by atoms with Crippen LogP contribution in [0.2, 0.25) is 0 Å². The minimum Gasteiger partial charge on any atom is -0.491 e. The molecule has 1 amide bonds. The van der Waals surface area contributed by atoms with Gasteiger partial charge in [0.25, 0.3) is 0 Å². The van der Waals surface area contributed by atoms with Gasteiger partial charge >= 0.3 is 0 Å². The van der Waals surface area contributed by atoms with Crippen molar-refractivity contribution in [1.29, 1.82) is 0 Å². The fourth-order valence-electron chi connectivity index (χ4n) is 4.12. The SMILES string of the molecule is CCCCCN1Cc2ccccc2C2(COc3cc(F)c(F)cc32)C1=O. The molecule has 0 radical (unpaired) electrons. The van der Waals surface area contributed by atoms with E-state index in [9.17, 15) is 13.6 Å². The van der Waals surface area contributed by atoms with Gasteiger partial charge in [0.15, 0.2) is 11.6 Å². The zero-order valence-electron chi connectivity index (χ0n) is 14.7. The van der Waals surface area contributed by atoms with Crippen LogP contribution in [0.1, 0.15) is 42.9 Å². The molecule has 0 saturated carbocycles. The summed E-state index contributed by atoms with van der Waals surface area (Å²) in [6.45, 7) is 3.39. The van der Waals surface area contributed by atoms with Crippen LogP contribution < -0.4 is 4.74 Å². The normalized spacial score (nSPS) is 20.9. The number of hydrogen-bond donors (Lipinski definition) is 0. The van der Waals surface area contributed by atoms with Crippen LogP contribution in [0.25, 0.3) is 0 Å². The molecule has 0 aromatic heterocycles. The zero-order chi connectivity index (χ0) is 18.3. The Morgan fingerprint density at radius 2 is 1.88 bits per heavy atom. The van der Waals surface area contributed by atoms with Crippen LogP contribution in [0.5, 0.6) is 5.75 Å². The number of halogens is 2. The molecule has 4 rings (SSSR count). The summed E-state index contributed by atoms with van der Waals surface area (Å²) in [5.74, 6) is -1.75. The molecule has 26 heavy (non-hydrogen) atoms. The second-order valence-corrected chi connectivity index (χ2v) is 7.05. The Kier molecular flexibility index (Phi) is 4.17. The summed E-state index contributed by atoms with van der Waals surface area (Å²) in [4.78, 5) is 15.3. The Labute approximate surface area is 151 Å². The molecular formula is C21H21F2NO2. The minimum atomic E-state index is -1.09. The summed E-state index contributed by atoms with van der Waals surface area (Å²) < 4.78 is 33.3. The molecule has 2 aromatic carbocycles. The number of ether oxygens (including phenoxy) is 1. The van der Waals surface area contributed by atoms with E-state index in [4.69, 9.17) is 4.74 Å². The van der Waals surface area contributed by atoms with Crippen molar-refractivity contribution in [1.82, 2.24) is 4.90 Å². The number of amides is 1. The van der Waals surface area contributed by atoms with Gasteiger partial charge in [-0.05, 0) is 23.6 Å². The predicted octanol–water partition coefficient (Wildman–Crippen LogP) is 4.18. The van der Waals surface area contributed by atoms with Crippen molar-refractivity contribution < 1.29 is 18.3 Å². The van der Waals surface area contributed by atoms with Gasteiger partial charge in [-0.1, -0.05) is 44.0 Å². The van der Waals surface area contributed by atoms with Crippen LogP contribution in [0.3, 0.4) is 0 Å². The summed E-state index contributed by atoms with van der Waals surface area (Å²) in [5.41, 5.74) is 1.20. The summed E-state index contributed by atoms with van der Waals surface area (Å²) in [6, 6.07) is 9.88. The lowest BCUT2D eigenvalue weighted by Crippen LogP contribution is -2.52. The molecule has 2 aliphatic heterocycles. The van der Waals surface area contributed by atoms with Gasteiger partial charge in [0.2, 0.25) is 5.91 Å². The van der Waals surface area contributed by atoms with E-state index in [0.29, 0.717) is 18.7 Å².